The zero-order chi connectivity index (χ0) is 23.4. The van der Waals surface area contributed by atoms with Crippen LogP contribution in [0.4, 0.5) is 4.39 Å². The highest BCUT2D eigenvalue weighted by molar-refractivity contribution is 6.43. The van der Waals surface area contributed by atoms with Crippen LogP contribution in [0.3, 0.4) is 0 Å². The highest BCUT2D eigenvalue weighted by Crippen LogP contribution is 2.40. The number of carbonyl (C=O) groups is 1. The van der Waals surface area contributed by atoms with E-state index in [1.165, 1.54) is 24.3 Å². The monoisotopic (exact) mass is 443 g/mol. The minimum atomic E-state index is -1.77. The molecule has 170 valence electrons. The smallest absolute Gasteiger partial charge is 0.426 e. The van der Waals surface area contributed by atoms with Crippen molar-refractivity contribution in [3.05, 3.63) is 81.7 Å². The van der Waals surface area contributed by atoms with E-state index < -0.39 is 53.8 Å². The van der Waals surface area contributed by atoms with Crippen molar-refractivity contribution in [2.45, 2.75) is 50.3 Å². The molecule has 1 fully saturated rings. The van der Waals surface area contributed by atoms with E-state index in [2.05, 4.69) is 10.6 Å². The predicted molar refractivity (Wildman–Crippen MR) is 118 cm³/mol. The van der Waals surface area contributed by atoms with Gasteiger partial charge in [0.25, 0.3) is 0 Å². The molecule has 1 amide bonds. The standard InChI is InChI=1S/C22H27BFN3O5/c1-13(2)12-17(23(29)30)25-22(28)20-18(14-8-10-16(24)11-9-14)21(27(31)32)19(26-20)15-6-4-3-5-7-15/h3-11,13,17-21,26,29-30H,12H2,1-2H3,(H,25,28). The summed E-state index contributed by atoms with van der Waals surface area (Å²) in [7, 11) is -1.77. The van der Waals surface area contributed by atoms with Crippen molar-refractivity contribution in [1.29, 1.82) is 0 Å². The number of nitro groups is 1. The van der Waals surface area contributed by atoms with Crippen molar-refractivity contribution in [1.82, 2.24) is 10.6 Å². The number of nitrogens with zero attached hydrogens (tertiary/aromatic N) is 1. The Kier molecular flexibility index (Phi) is 7.60. The molecule has 5 unspecified atom stereocenters. The van der Waals surface area contributed by atoms with E-state index in [0.29, 0.717) is 17.5 Å². The van der Waals surface area contributed by atoms with E-state index in [1.54, 1.807) is 30.3 Å². The fourth-order valence-electron chi connectivity index (χ4n) is 4.36. The summed E-state index contributed by atoms with van der Waals surface area (Å²) in [6.07, 6.45) is 0.318. The quantitative estimate of drug-likeness (QED) is 0.280. The highest BCUT2D eigenvalue weighted by Gasteiger charge is 2.54. The third-order valence-electron chi connectivity index (χ3n) is 5.78. The fraction of sp³-hybridized carbons (Fsp3) is 0.409. The molecule has 0 bridgehead atoms. The van der Waals surface area contributed by atoms with Crippen LogP contribution in [0.1, 0.15) is 43.4 Å². The predicted octanol–water partition coefficient (Wildman–Crippen LogP) is 1.81. The van der Waals surface area contributed by atoms with Gasteiger partial charge in [-0.1, -0.05) is 56.3 Å². The molecule has 4 N–H and O–H groups in total. The van der Waals surface area contributed by atoms with Gasteiger partial charge in [-0.25, -0.2) is 4.39 Å². The first kappa shape index (κ1) is 23.8. The van der Waals surface area contributed by atoms with Crippen LogP contribution in [-0.4, -0.2) is 46.0 Å². The molecule has 1 heterocycles. The van der Waals surface area contributed by atoms with Crippen molar-refractivity contribution in [2.75, 3.05) is 0 Å². The Labute approximate surface area is 186 Å². The zero-order valence-corrected chi connectivity index (χ0v) is 17.9. The van der Waals surface area contributed by atoms with Crippen molar-refractivity contribution in [3.8, 4) is 0 Å². The van der Waals surface area contributed by atoms with E-state index in [0.717, 1.165) is 0 Å². The van der Waals surface area contributed by atoms with Gasteiger partial charge >= 0.3 is 7.12 Å². The zero-order valence-electron chi connectivity index (χ0n) is 17.9. The Morgan fingerprint density at radius 2 is 1.78 bits per heavy atom. The van der Waals surface area contributed by atoms with Crippen LogP contribution in [0.25, 0.3) is 0 Å². The summed E-state index contributed by atoms with van der Waals surface area (Å²) >= 11 is 0. The van der Waals surface area contributed by atoms with Crippen LogP contribution in [0.5, 0.6) is 0 Å². The second-order valence-corrected chi connectivity index (χ2v) is 8.54. The fourth-order valence-corrected chi connectivity index (χ4v) is 4.36. The van der Waals surface area contributed by atoms with Crippen LogP contribution in [0.2, 0.25) is 0 Å². The summed E-state index contributed by atoms with van der Waals surface area (Å²) in [5.41, 5.74) is 1.10. The van der Waals surface area contributed by atoms with Gasteiger partial charge in [0, 0.05) is 4.92 Å². The molecule has 0 saturated carbocycles. The van der Waals surface area contributed by atoms with Crippen molar-refractivity contribution in [3.63, 3.8) is 0 Å². The van der Waals surface area contributed by atoms with Gasteiger partial charge in [0.2, 0.25) is 11.9 Å². The molecular formula is C22H27BFN3O5. The van der Waals surface area contributed by atoms with Gasteiger partial charge in [0.05, 0.1) is 11.9 Å². The first-order valence-electron chi connectivity index (χ1n) is 10.6. The third-order valence-corrected chi connectivity index (χ3v) is 5.78. The molecule has 3 rings (SSSR count). The van der Waals surface area contributed by atoms with Gasteiger partial charge in [-0.05, 0) is 35.6 Å². The van der Waals surface area contributed by atoms with Crippen molar-refractivity contribution >= 4 is 13.0 Å². The minimum absolute atomic E-state index is 0.0788. The number of rotatable bonds is 8. The van der Waals surface area contributed by atoms with E-state index >= 15 is 0 Å². The molecule has 0 radical (unpaired) electrons. The van der Waals surface area contributed by atoms with Crippen LogP contribution in [-0.2, 0) is 4.79 Å². The molecule has 1 aliphatic heterocycles. The highest BCUT2D eigenvalue weighted by atomic mass is 19.1. The number of hydrogen-bond acceptors (Lipinski definition) is 6. The molecule has 0 aromatic heterocycles. The molecule has 0 aliphatic carbocycles. The van der Waals surface area contributed by atoms with Gasteiger partial charge < -0.3 is 15.4 Å². The van der Waals surface area contributed by atoms with Crippen LogP contribution < -0.4 is 10.6 Å². The Balaban J connectivity index is 2.00. The van der Waals surface area contributed by atoms with E-state index in [-0.39, 0.29) is 5.92 Å². The first-order valence-corrected chi connectivity index (χ1v) is 10.6. The number of amides is 1. The van der Waals surface area contributed by atoms with Gasteiger partial charge in [0.15, 0.2) is 0 Å². The molecular weight excluding hydrogens is 416 g/mol. The second-order valence-electron chi connectivity index (χ2n) is 8.54. The maximum atomic E-state index is 13.5. The first-order chi connectivity index (χ1) is 15.2. The maximum absolute atomic E-state index is 13.5. The van der Waals surface area contributed by atoms with E-state index in [4.69, 9.17) is 0 Å². The Hall–Kier alpha value is -2.82. The van der Waals surface area contributed by atoms with Crippen molar-refractivity contribution in [2.24, 2.45) is 5.92 Å². The SMILES string of the molecule is CC(C)CC(NC(=O)C1NC(c2ccccc2)C([N+](=O)[O-])C1c1ccc(F)cc1)B(O)O. The van der Waals surface area contributed by atoms with Crippen LogP contribution >= 0.6 is 0 Å². The number of halogens is 1. The minimum Gasteiger partial charge on any atom is -0.426 e. The van der Waals surface area contributed by atoms with Gasteiger partial charge in [-0.2, -0.15) is 0 Å². The van der Waals surface area contributed by atoms with E-state index in [9.17, 15) is 29.3 Å². The van der Waals surface area contributed by atoms with Gasteiger partial charge in [0.1, 0.15) is 17.9 Å². The normalized spacial score (nSPS) is 23.7. The third kappa shape index (κ3) is 5.32. The van der Waals surface area contributed by atoms with Gasteiger partial charge in [-0.3, -0.25) is 20.2 Å². The Bertz CT molecular complexity index is 929. The topological polar surface area (TPSA) is 125 Å². The summed E-state index contributed by atoms with van der Waals surface area (Å²) in [6.45, 7) is 3.76. The lowest BCUT2D eigenvalue weighted by molar-refractivity contribution is -0.527. The summed E-state index contributed by atoms with van der Waals surface area (Å²) in [4.78, 5) is 25.0. The lowest BCUT2D eigenvalue weighted by Crippen LogP contribution is -2.53. The van der Waals surface area contributed by atoms with Crippen molar-refractivity contribution < 1.29 is 24.2 Å². The second kappa shape index (κ2) is 10.2. The summed E-state index contributed by atoms with van der Waals surface area (Å²) in [6, 6.07) is 11.1. The largest absolute Gasteiger partial charge is 0.475 e. The number of carbonyl (C=O) groups excluding carboxylic acids is 1. The summed E-state index contributed by atoms with van der Waals surface area (Å²) in [5, 5.41) is 37.3. The maximum Gasteiger partial charge on any atom is 0.475 e. The van der Waals surface area contributed by atoms with Crippen LogP contribution in [0.15, 0.2) is 54.6 Å². The summed E-state index contributed by atoms with van der Waals surface area (Å²) < 4.78 is 13.5. The molecule has 2 aromatic rings. The molecule has 1 saturated heterocycles. The average Bonchev–Trinajstić information content (AvgIpc) is 3.15. The average molecular weight is 443 g/mol. The number of hydrogen-bond donors (Lipinski definition) is 4. The lowest BCUT2D eigenvalue weighted by atomic mass is 9.74. The molecule has 32 heavy (non-hydrogen) atoms. The molecule has 0 spiro atoms. The number of nitrogens with one attached hydrogen (secondary N) is 2. The molecule has 5 atom stereocenters. The van der Waals surface area contributed by atoms with Gasteiger partial charge in [-0.15, -0.1) is 0 Å². The molecule has 1 aliphatic rings. The number of benzene rings is 2. The Morgan fingerprint density at radius 1 is 1.16 bits per heavy atom. The van der Waals surface area contributed by atoms with Crippen LogP contribution in [0, 0.1) is 21.8 Å². The lowest BCUT2D eigenvalue weighted by Gasteiger charge is -2.24. The summed E-state index contributed by atoms with van der Waals surface area (Å²) in [5.74, 6) is -2.81. The molecule has 10 heteroatoms. The molecule has 8 nitrogen and oxygen atoms in total. The molecule has 2 aromatic carbocycles. The van der Waals surface area contributed by atoms with E-state index in [1.807, 2.05) is 13.8 Å². The Morgan fingerprint density at radius 3 is 2.31 bits per heavy atom.